The zero-order chi connectivity index (χ0) is 13.9. The highest BCUT2D eigenvalue weighted by Crippen LogP contribution is 2.28. The van der Waals surface area contributed by atoms with E-state index in [1.165, 1.54) is 0 Å². The maximum atomic E-state index is 11.0. The van der Waals surface area contributed by atoms with Crippen LogP contribution in [0.4, 0.5) is 0 Å². The van der Waals surface area contributed by atoms with Crippen LogP contribution in [0.3, 0.4) is 0 Å². The number of aromatic carboxylic acids is 1. The Labute approximate surface area is 120 Å². The minimum Gasteiger partial charge on any atom is -0.489 e. The third-order valence-electron chi connectivity index (χ3n) is 3.04. The van der Waals surface area contributed by atoms with Crippen LogP contribution < -0.4 is 4.74 Å². The number of fused-ring (bicyclic) bond motifs is 1. The quantitative estimate of drug-likeness (QED) is 0.781. The lowest BCUT2D eigenvalue weighted by molar-refractivity contribution is 0.0697. The van der Waals surface area contributed by atoms with Crippen molar-refractivity contribution in [1.29, 1.82) is 0 Å². The monoisotopic (exact) mass is 284 g/mol. The SMILES string of the molecule is O=C(O)c1ccc2scc(COc3ccccc3)c2c1. The molecule has 0 amide bonds. The van der Waals surface area contributed by atoms with E-state index in [9.17, 15) is 4.79 Å². The van der Waals surface area contributed by atoms with Gasteiger partial charge in [0.25, 0.3) is 0 Å². The van der Waals surface area contributed by atoms with E-state index in [1.807, 2.05) is 41.8 Å². The normalized spacial score (nSPS) is 10.6. The topological polar surface area (TPSA) is 46.5 Å². The van der Waals surface area contributed by atoms with Crippen LogP contribution in [-0.2, 0) is 6.61 Å². The maximum absolute atomic E-state index is 11.0. The van der Waals surface area contributed by atoms with Gasteiger partial charge >= 0.3 is 5.97 Å². The van der Waals surface area contributed by atoms with Crippen LogP contribution in [0.2, 0.25) is 0 Å². The molecule has 0 spiro atoms. The summed E-state index contributed by atoms with van der Waals surface area (Å²) in [7, 11) is 0. The number of hydrogen-bond acceptors (Lipinski definition) is 3. The average Bonchev–Trinajstić information content (AvgIpc) is 2.88. The first-order valence-corrected chi connectivity index (χ1v) is 7.03. The molecule has 3 nitrogen and oxygen atoms in total. The van der Waals surface area contributed by atoms with Gasteiger partial charge in [0.15, 0.2) is 0 Å². The fourth-order valence-electron chi connectivity index (χ4n) is 2.00. The molecule has 1 aromatic heterocycles. The number of ether oxygens (including phenoxy) is 1. The van der Waals surface area contributed by atoms with Crippen molar-refractivity contribution in [2.24, 2.45) is 0 Å². The summed E-state index contributed by atoms with van der Waals surface area (Å²) in [5, 5.41) is 12.0. The molecule has 2 aromatic carbocycles. The van der Waals surface area contributed by atoms with Gasteiger partial charge in [-0.25, -0.2) is 4.79 Å². The van der Waals surface area contributed by atoms with Gasteiger partial charge in [0.2, 0.25) is 0 Å². The van der Waals surface area contributed by atoms with Crippen molar-refractivity contribution in [2.45, 2.75) is 6.61 Å². The van der Waals surface area contributed by atoms with Crippen LogP contribution in [0.1, 0.15) is 15.9 Å². The Kier molecular flexibility index (Phi) is 3.39. The molecular weight excluding hydrogens is 272 g/mol. The molecule has 1 heterocycles. The lowest BCUT2D eigenvalue weighted by Crippen LogP contribution is -1.97. The number of benzene rings is 2. The molecule has 1 N–H and O–H groups in total. The predicted molar refractivity (Wildman–Crippen MR) is 79.6 cm³/mol. The van der Waals surface area contributed by atoms with E-state index >= 15 is 0 Å². The summed E-state index contributed by atoms with van der Waals surface area (Å²) in [6.07, 6.45) is 0. The molecule has 0 fully saturated rings. The first-order chi connectivity index (χ1) is 9.74. The number of hydrogen-bond donors (Lipinski definition) is 1. The zero-order valence-corrected chi connectivity index (χ0v) is 11.4. The molecule has 0 bridgehead atoms. The van der Waals surface area contributed by atoms with Gasteiger partial charge in [0.1, 0.15) is 12.4 Å². The number of carbonyl (C=O) groups is 1. The van der Waals surface area contributed by atoms with E-state index in [2.05, 4.69) is 0 Å². The van der Waals surface area contributed by atoms with Gasteiger partial charge in [0.05, 0.1) is 5.56 Å². The van der Waals surface area contributed by atoms with Gasteiger partial charge in [-0.1, -0.05) is 18.2 Å². The van der Waals surface area contributed by atoms with E-state index in [1.54, 1.807) is 23.5 Å². The van der Waals surface area contributed by atoms with Crippen LogP contribution in [0.15, 0.2) is 53.9 Å². The fraction of sp³-hybridized carbons (Fsp3) is 0.0625. The lowest BCUT2D eigenvalue weighted by Gasteiger charge is -2.05. The number of thiophene rings is 1. The highest BCUT2D eigenvalue weighted by atomic mass is 32.1. The second-order valence-electron chi connectivity index (χ2n) is 4.38. The highest BCUT2D eigenvalue weighted by molar-refractivity contribution is 7.17. The van der Waals surface area contributed by atoms with Crippen LogP contribution >= 0.6 is 11.3 Å². The summed E-state index contributed by atoms with van der Waals surface area (Å²) in [5.74, 6) is -0.103. The Morgan fingerprint density at radius 1 is 1.15 bits per heavy atom. The van der Waals surface area contributed by atoms with Gasteiger partial charge in [-0.05, 0) is 41.1 Å². The summed E-state index contributed by atoms with van der Waals surface area (Å²) in [5.41, 5.74) is 1.31. The Morgan fingerprint density at radius 2 is 1.95 bits per heavy atom. The van der Waals surface area contributed by atoms with Crippen LogP contribution in [0.25, 0.3) is 10.1 Å². The first kappa shape index (κ1) is 12.7. The highest BCUT2D eigenvalue weighted by Gasteiger charge is 2.09. The molecule has 100 valence electrons. The minimum absolute atomic E-state index is 0.303. The van der Waals surface area contributed by atoms with E-state index in [0.29, 0.717) is 12.2 Å². The third kappa shape index (κ3) is 2.51. The number of rotatable bonds is 4. The molecule has 0 aliphatic rings. The summed E-state index contributed by atoms with van der Waals surface area (Å²) < 4.78 is 6.79. The molecule has 4 heteroatoms. The van der Waals surface area contributed by atoms with Crippen molar-refractivity contribution >= 4 is 27.4 Å². The van der Waals surface area contributed by atoms with E-state index < -0.39 is 5.97 Å². The molecule has 0 aliphatic heterocycles. The van der Waals surface area contributed by atoms with E-state index in [4.69, 9.17) is 9.84 Å². The van der Waals surface area contributed by atoms with Crippen molar-refractivity contribution in [1.82, 2.24) is 0 Å². The van der Waals surface area contributed by atoms with Gasteiger partial charge in [-0.15, -0.1) is 11.3 Å². The van der Waals surface area contributed by atoms with Crippen molar-refractivity contribution < 1.29 is 14.6 Å². The molecule has 0 atom stereocenters. The molecule has 3 rings (SSSR count). The van der Waals surface area contributed by atoms with Crippen LogP contribution in [0, 0.1) is 0 Å². The predicted octanol–water partition coefficient (Wildman–Crippen LogP) is 4.18. The summed E-state index contributed by atoms with van der Waals surface area (Å²) in [6.45, 7) is 0.438. The Balaban J connectivity index is 1.88. The van der Waals surface area contributed by atoms with Gasteiger partial charge < -0.3 is 9.84 Å². The number of carboxylic acid groups (broad SMARTS) is 1. The molecule has 0 saturated carbocycles. The molecule has 0 aliphatic carbocycles. The van der Waals surface area contributed by atoms with E-state index in [-0.39, 0.29) is 0 Å². The average molecular weight is 284 g/mol. The number of carboxylic acids is 1. The smallest absolute Gasteiger partial charge is 0.335 e. The van der Waals surface area contributed by atoms with Crippen molar-refractivity contribution in [3.63, 3.8) is 0 Å². The minimum atomic E-state index is -0.909. The Morgan fingerprint density at radius 3 is 2.70 bits per heavy atom. The Bertz CT molecular complexity index is 747. The number of para-hydroxylation sites is 1. The van der Waals surface area contributed by atoms with Gasteiger partial charge in [0, 0.05) is 10.3 Å². The largest absolute Gasteiger partial charge is 0.489 e. The summed E-state index contributed by atoms with van der Waals surface area (Å²) in [6, 6.07) is 14.8. The van der Waals surface area contributed by atoms with Gasteiger partial charge in [-0.2, -0.15) is 0 Å². The van der Waals surface area contributed by atoms with Crippen molar-refractivity contribution in [2.75, 3.05) is 0 Å². The first-order valence-electron chi connectivity index (χ1n) is 6.15. The standard InChI is InChI=1S/C16H12O3S/c17-16(18)11-6-7-15-14(8-11)12(10-20-15)9-19-13-4-2-1-3-5-13/h1-8,10H,9H2,(H,17,18). The van der Waals surface area contributed by atoms with Crippen LogP contribution in [0.5, 0.6) is 5.75 Å². The fourth-order valence-corrected chi connectivity index (χ4v) is 2.93. The second-order valence-corrected chi connectivity index (χ2v) is 5.29. The summed E-state index contributed by atoms with van der Waals surface area (Å²) in [4.78, 5) is 11.0. The third-order valence-corrected chi connectivity index (χ3v) is 4.05. The van der Waals surface area contributed by atoms with Crippen molar-refractivity contribution in [3.8, 4) is 5.75 Å². The molecule has 0 saturated heterocycles. The lowest BCUT2D eigenvalue weighted by atomic mass is 10.1. The molecule has 20 heavy (non-hydrogen) atoms. The van der Waals surface area contributed by atoms with E-state index in [0.717, 1.165) is 21.4 Å². The second kappa shape index (κ2) is 5.35. The van der Waals surface area contributed by atoms with Crippen LogP contribution in [-0.4, -0.2) is 11.1 Å². The summed E-state index contributed by atoms with van der Waals surface area (Å²) >= 11 is 1.60. The van der Waals surface area contributed by atoms with Gasteiger partial charge in [-0.3, -0.25) is 0 Å². The zero-order valence-electron chi connectivity index (χ0n) is 10.6. The molecular formula is C16H12O3S. The molecule has 0 unspecified atom stereocenters. The molecule has 3 aromatic rings. The van der Waals surface area contributed by atoms with Crippen molar-refractivity contribution in [3.05, 3.63) is 65.0 Å². The Hall–Kier alpha value is -2.33. The maximum Gasteiger partial charge on any atom is 0.335 e. The molecule has 0 radical (unpaired) electrons.